The lowest BCUT2D eigenvalue weighted by atomic mass is 10.1. The van der Waals surface area contributed by atoms with Crippen LogP contribution < -0.4 is 5.32 Å². The van der Waals surface area contributed by atoms with Crippen LogP contribution in [0.25, 0.3) is 0 Å². The van der Waals surface area contributed by atoms with E-state index in [0.29, 0.717) is 13.1 Å². The number of benzene rings is 1. The molecule has 0 aliphatic carbocycles. The maximum Gasteiger partial charge on any atom is 0.335 e. The van der Waals surface area contributed by atoms with Gasteiger partial charge in [0.2, 0.25) is 0 Å². The van der Waals surface area contributed by atoms with Crippen LogP contribution in [0.4, 0.5) is 4.79 Å². The number of hydrogen-bond acceptors (Lipinski definition) is 2. The number of hydrogen-bond donors (Lipinski definition) is 2. The Hall–Kier alpha value is -2.30. The zero-order valence-electron chi connectivity index (χ0n) is 10.7. The Balaban J connectivity index is 2.09. The molecule has 0 radical (unpaired) electrons. The number of amides is 2. The largest absolute Gasteiger partial charge is 0.478 e. The minimum Gasteiger partial charge on any atom is -0.478 e. The van der Waals surface area contributed by atoms with Gasteiger partial charge in [0.1, 0.15) is 0 Å². The van der Waals surface area contributed by atoms with E-state index in [1.54, 1.807) is 29.2 Å². The molecule has 0 bridgehead atoms. The molecule has 0 saturated heterocycles. The third-order valence-corrected chi connectivity index (χ3v) is 3.17. The van der Waals surface area contributed by atoms with E-state index in [1.807, 2.05) is 6.92 Å². The van der Waals surface area contributed by atoms with E-state index in [1.165, 1.54) is 0 Å². The summed E-state index contributed by atoms with van der Waals surface area (Å²) in [5.41, 5.74) is 2.13. The molecule has 1 aromatic carbocycles. The van der Waals surface area contributed by atoms with Gasteiger partial charge in [-0.1, -0.05) is 12.1 Å². The van der Waals surface area contributed by atoms with Crippen LogP contribution in [-0.2, 0) is 13.1 Å². The van der Waals surface area contributed by atoms with Crippen molar-refractivity contribution in [1.29, 1.82) is 0 Å². The second kappa shape index (κ2) is 5.14. The predicted octanol–water partition coefficient (Wildman–Crippen LogP) is 1.98. The fraction of sp³-hybridized carbons (Fsp3) is 0.286. The van der Waals surface area contributed by atoms with Gasteiger partial charge >= 0.3 is 12.0 Å². The molecule has 5 heteroatoms. The maximum atomic E-state index is 12.0. The molecule has 1 aromatic rings. The molecule has 100 valence electrons. The first kappa shape index (κ1) is 13.1. The number of fused-ring (bicyclic) bond motifs is 1. The van der Waals surface area contributed by atoms with Gasteiger partial charge in [0.25, 0.3) is 0 Å². The van der Waals surface area contributed by atoms with Crippen molar-refractivity contribution in [3.05, 3.63) is 47.5 Å². The second-order valence-electron chi connectivity index (χ2n) is 4.62. The smallest absolute Gasteiger partial charge is 0.335 e. The molecule has 2 N–H and O–H groups in total. The second-order valence-corrected chi connectivity index (χ2v) is 4.62. The molecule has 2 rings (SSSR count). The highest BCUT2D eigenvalue weighted by Crippen LogP contribution is 2.23. The van der Waals surface area contributed by atoms with Gasteiger partial charge in [-0.3, -0.25) is 0 Å². The molecule has 1 aliphatic rings. The summed E-state index contributed by atoms with van der Waals surface area (Å²) in [6, 6.07) is 4.70. The van der Waals surface area contributed by atoms with Crippen LogP contribution in [0.5, 0.6) is 0 Å². The minimum atomic E-state index is -0.953. The Labute approximate surface area is 111 Å². The lowest BCUT2D eigenvalue weighted by molar-refractivity contribution is 0.0696. The number of nitrogens with one attached hydrogen (secondary N) is 1. The Bertz CT molecular complexity index is 539. The van der Waals surface area contributed by atoms with Crippen molar-refractivity contribution >= 4 is 12.0 Å². The number of carbonyl (C=O) groups excluding carboxylic acids is 1. The molecule has 0 fully saturated rings. The zero-order valence-corrected chi connectivity index (χ0v) is 10.7. The van der Waals surface area contributed by atoms with E-state index in [0.717, 1.165) is 11.1 Å². The lowest BCUT2D eigenvalue weighted by Gasteiger charge is -2.18. The van der Waals surface area contributed by atoms with Gasteiger partial charge in [0.15, 0.2) is 0 Å². The Kier molecular flexibility index (Phi) is 3.55. The van der Waals surface area contributed by atoms with E-state index in [-0.39, 0.29) is 17.6 Å². The van der Waals surface area contributed by atoms with Crippen LogP contribution in [0.3, 0.4) is 0 Å². The molecule has 1 unspecified atom stereocenters. The molecular weight excluding hydrogens is 244 g/mol. The zero-order chi connectivity index (χ0) is 14.0. The fourth-order valence-electron chi connectivity index (χ4n) is 2.02. The number of aromatic carboxylic acids is 1. The third kappa shape index (κ3) is 2.76. The molecule has 19 heavy (non-hydrogen) atoms. The summed E-state index contributed by atoms with van der Waals surface area (Å²) >= 11 is 0. The number of urea groups is 1. The van der Waals surface area contributed by atoms with E-state index in [9.17, 15) is 9.59 Å². The van der Waals surface area contributed by atoms with Gasteiger partial charge in [0, 0.05) is 19.1 Å². The fourth-order valence-corrected chi connectivity index (χ4v) is 2.02. The number of rotatable bonds is 3. The first-order chi connectivity index (χ1) is 9.01. The molecule has 1 heterocycles. The van der Waals surface area contributed by atoms with E-state index in [2.05, 4.69) is 11.9 Å². The number of carboxylic acid groups (broad SMARTS) is 1. The average Bonchev–Trinajstić information content (AvgIpc) is 2.81. The van der Waals surface area contributed by atoms with Gasteiger partial charge < -0.3 is 15.3 Å². The average molecular weight is 260 g/mol. The van der Waals surface area contributed by atoms with E-state index in [4.69, 9.17) is 5.11 Å². The number of carbonyl (C=O) groups is 2. The van der Waals surface area contributed by atoms with Crippen molar-refractivity contribution in [3.8, 4) is 0 Å². The SMILES string of the molecule is C=CC(C)NC(=O)N1Cc2ccc(C(=O)O)cc2C1. The van der Waals surface area contributed by atoms with Crippen LogP contribution in [0, 0.1) is 0 Å². The summed E-state index contributed by atoms with van der Waals surface area (Å²) in [5.74, 6) is -0.953. The molecule has 0 aromatic heterocycles. The van der Waals surface area contributed by atoms with Crippen LogP contribution in [0.2, 0.25) is 0 Å². The maximum absolute atomic E-state index is 12.0. The molecular formula is C14H16N2O3. The highest BCUT2D eigenvalue weighted by molar-refractivity contribution is 5.88. The number of nitrogens with zero attached hydrogens (tertiary/aromatic N) is 1. The van der Waals surface area contributed by atoms with E-state index < -0.39 is 5.97 Å². The van der Waals surface area contributed by atoms with Gasteiger partial charge in [0.05, 0.1) is 5.56 Å². The first-order valence-electron chi connectivity index (χ1n) is 6.04. The minimum absolute atomic E-state index is 0.0919. The monoisotopic (exact) mass is 260 g/mol. The first-order valence-corrected chi connectivity index (χ1v) is 6.04. The Morgan fingerprint density at radius 1 is 1.42 bits per heavy atom. The van der Waals surface area contributed by atoms with Crippen molar-refractivity contribution in [2.24, 2.45) is 0 Å². The Morgan fingerprint density at radius 3 is 2.74 bits per heavy atom. The van der Waals surface area contributed by atoms with Crippen molar-refractivity contribution < 1.29 is 14.7 Å². The Morgan fingerprint density at radius 2 is 2.11 bits per heavy atom. The summed E-state index contributed by atoms with van der Waals surface area (Å²) in [7, 11) is 0. The summed E-state index contributed by atoms with van der Waals surface area (Å²) in [6.07, 6.45) is 1.66. The highest BCUT2D eigenvalue weighted by atomic mass is 16.4. The van der Waals surface area contributed by atoms with E-state index >= 15 is 0 Å². The third-order valence-electron chi connectivity index (χ3n) is 3.17. The molecule has 1 aliphatic heterocycles. The highest BCUT2D eigenvalue weighted by Gasteiger charge is 2.24. The van der Waals surface area contributed by atoms with Crippen molar-refractivity contribution in [2.75, 3.05) is 0 Å². The van der Waals surface area contributed by atoms with Crippen LogP contribution in [0.15, 0.2) is 30.9 Å². The summed E-state index contributed by atoms with van der Waals surface area (Å²) in [6.45, 7) is 6.40. The molecule has 1 atom stereocenters. The van der Waals surface area contributed by atoms with Gasteiger partial charge in [-0.15, -0.1) is 6.58 Å². The summed E-state index contributed by atoms with van der Waals surface area (Å²) in [4.78, 5) is 24.5. The van der Waals surface area contributed by atoms with Gasteiger partial charge in [-0.25, -0.2) is 9.59 Å². The van der Waals surface area contributed by atoms with Crippen LogP contribution in [0.1, 0.15) is 28.4 Å². The normalized spacial score (nSPS) is 14.7. The molecule has 0 saturated carbocycles. The molecule has 5 nitrogen and oxygen atoms in total. The lowest BCUT2D eigenvalue weighted by Crippen LogP contribution is -2.40. The molecule has 0 spiro atoms. The quantitative estimate of drug-likeness (QED) is 0.816. The van der Waals surface area contributed by atoms with Crippen molar-refractivity contribution in [2.45, 2.75) is 26.1 Å². The summed E-state index contributed by atoms with van der Waals surface area (Å²) in [5, 5.41) is 11.7. The predicted molar refractivity (Wildman–Crippen MR) is 70.8 cm³/mol. The van der Waals surface area contributed by atoms with Gasteiger partial charge in [-0.2, -0.15) is 0 Å². The van der Waals surface area contributed by atoms with Crippen LogP contribution in [-0.4, -0.2) is 28.0 Å². The standard InChI is InChI=1S/C14H16N2O3/c1-3-9(2)15-14(19)16-7-11-5-4-10(13(17)18)6-12(11)8-16/h3-6,9H,1,7-8H2,2H3,(H,15,19)(H,17,18). The topological polar surface area (TPSA) is 69.6 Å². The van der Waals surface area contributed by atoms with Crippen LogP contribution >= 0.6 is 0 Å². The van der Waals surface area contributed by atoms with Crippen molar-refractivity contribution in [3.63, 3.8) is 0 Å². The number of carboxylic acids is 1. The molecule has 2 amide bonds. The van der Waals surface area contributed by atoms with Gasteiger partial charge in [-0.05, 0) is 30.2 Å². The summed E-state index contributed by atoms with van der Waals surface area (Å²) < 4.78 is 0. The van der Waals surface area contributed by atoms with Crippen molar-refractivity contribution in [1.82, 2.24) is 10.2 Å².